The van der Waals surface area contributed by atoms with Crippen molar-refractivity contribution in [3.63, 3.8) is 0 Å². The van der Waals surface area contributed by atoms with Crippen molar-refractivity contribution in [1.29, 1.82) is 0 Å². The molecule has 0 bridgehead atoms. The maximum absolute atomic E-state index is 8.95. The molecule has 1 aromatic carbocycles. The molecule has 0 saturated carbocycles. The summed E-state index contributed by atoms with van der Waals surface area (Å²) in [6.45, 7) is 2.87. The Balaban J connectivity index is 2.09. The van der Waals surface area contributed by atoms with Gasteiger partial charge in [0.2, 0.25) is 5.88 Å². The van der Waals surface area contributed by atoms with Crippen molar-refractivity contribution in [1.82, 2.24) is 4.98 Å². The van der Waals surface area contributed by atoms with Gasteiger partial charge < -0.3 is 15.2 Å². The number of aromatic nitrogens is 1. The van der Waals surface area contributed by atoms with Gasteiger partial charge in [0.05, 0.1) is 6.61 Å². The van der Waals surface area contributed by atoms with Crippen LogP contribution in [0.2, 0.25) is 0 Å². The third-order valence-corrected chi connectivity index (χ3v) is 2.41. The smallest absolute Gasteiger partial charge is 0.221 e. The van der Waals surface area contributed by atoms with E-state index in [4.69, 9.17) is 9.84 Å². The molecule has 0 amide bonds. The third kappa shape index (κ3) is 3.21. The Labute approximate surface area is 106 Å². The summed E-state index contributed by atoms with van der Waals surface area (Å²) in [5.41, 5.74) is 0.858. The van der Waals surface area contributed by atoms with Crippen molar-refractivity contribution in [2.24, 2.45) is 0 Å². The molecule has 1 heterocycles. The maximum atomic E-state index is 8.95. The van der Waals surface area contributed by atoms with Crippen LogP contribution < -0.4 is 10.1 Å². The second kappa shape index (κ2) is 6.02. The summed E-state index contributed by atoms with van der Waals surface area (Å²) in [7, 11) is 0. The minimum absolute atomic E-state index is 0.0361. The van der Waals surface area contributed by atoms with E-state index in [0.717, 1.165) is 17.9 Å². The van der Waals surface area contributed by atoms with Crippen molar-refractivity contribution < 1.29 is 9.84 Å². The number of anilines is 1. The number of aliphatic hydroxyl groups is 1. The van der Waals surface area contributed by atoms with Crippen LogP contribution in [0.5, 0.6) is 11.6 Å². The lowest BCUT2D eigenvalue weighted by Crippen LogP contribution is -1.99. The topological polar surface area (TPSA) is 54.4 Å². The average molecular weight is 244 g/mol. The molecule has 18 heavy (non-hydrogen) atoms. The number of rotatable bonds is 5. The predicted molar refractivity (Wildman–Crippen MR) is 70.8 cm³/mol. The zero-order valence-corrected chi connectivity index (χ0v) is 10.3. The Morgan fingerprint density at radius 3 is 2.61 bits per heavy atom. The fourth-order valence-electron chi connectivity index (χ4n) is 1.53. The number of ether oxygens (including phenoxy) is 1. The predicted octanol–water partition coefficient (Wildman–Crippen LogP) is 2.80. The van der Waals surface area contributed by atoms with Crippen LogP contribution in [0.25, 0.3) is 0 Å². The van der Waals surface area contributed by atoms with E-state index in [9.17, 15) is 0 Å². The third-order valence-electron chi connectivity index (χ3n) is 2.41. The molecule has 1 aromatic heterocycles. The van der Waals surface area contributed by atoms with Gasteiger partial charge in [0.1, 0.15) is 11.6 Å². The molecular formula is C14H16N2O2. The highest BCUT2D eigenvalue weighted by Gasteiger charge is 2.00. The van der Waals surface area contributed by atoms with E-state index in [-0.39, 0.29) is 6.61 Å². The highest BCUT2D eigenvalue weighted by molar-refractivity contribution is 5.38. The van der Waals surface area contributed by atoms with E-state index >= 15 is 0 Å². The average Bonchev–Trinajstić information content (AvgIpc) is 2.40. The summed E-state index contributed by atoms with van der Waals surface area (Å²) in [4.78, 5) is 4.32. The van der Waals surface area contributed by atoms with Crippen molar-refractivity contribution in [2.45, 2.75) is 13.5 Å². The fourth-order valence-corrected chi connectivity index (χ4v) is 1.53. The molecule has 0 radical (unpaired) electrons. The number of nitrogens with one attached hydrogen (secondary N) is 1. The molecule has 0 aliphatic rings. The van der Waals surface area contributed by atoms with Crippen LogP contribution in [0.4, 0.5) is 5.82 Å². The molecule has 2 rings (SSSR count). The van der Waals surface area contributed by atoms with Crippen molar-refractivity contribution >= 4 is 5.82 Å². The van der Waals surface area contributed by atoms with Crippen LogP contribution in [0.1, 0.15) is 12.5 Å². The van der Waals surface area contributed by atoms with Gasteiger partial charge in [0.15, 0.2) is 0 Å². The van der Waals surface area contributed by atoms with Crippen LogP contribution in [0.15, 0.2) is 42.5 Å². The summed E-state index contributed by atoms with van der Waals surface area (Å²) in [6, 6.07) is 12.9. The van der Waals surface area contributed by atoms with Crippen LogP contribution in [-0.2, 0) is 6.61 Å². The monoisotopic (exact) mass is 244 g/mol. The number of nitrogens with zero attached hydrogens (tertiary/aromatic N) is 1. The minimum Gasteiger partial charge on any atom is -0.439 e. The first-order valence-corrected chi connectivity index (χ1v) is 5.90. The van der Waals surface area contributed by atoms with E-state index in [1.807, 2.05) is 43.3 Å². The van der Waals surface area contributed by atoms with E-state index < -0.39 is 0 Å². The first kappa shape index (κ1) is 12.4. The van der Waals surface area contributed by atoms with Gasteiger partial charge in [-0.05, 0) is 30.7 Å². The number of pyridine rings is 1. The Kier molecular flexibility index (Phi) is 4.15. The van der Waals surface area contributed by atoms with E-state index in [1.54, 1.807) is 6.07 Å². The molecule has 94 valence electrons. The SMILES string of the molecule is CCNc1cccc(Oc2ccc(CO)cc2)n1. The molecular weight excluding hydrogens is 228 g/mol. The second-order valence-corrected chi connectivity index (χ2v) is 3.80. The Hall–Kier alpha value is -2.07. The summed E-state index contributed by atoms with van der Waals surface area (Å²) in [5.74, 6) is 2.04. The van der Waals surface area contributed by atoms with E-state index in [1.165, 1.54) is 0 Å². The number of hydrogen-bond donors (Lipinski definition) is 2. The molecule has 0 unspecified atom stereocenters. The van der Waals surface area contributed by atoms with Crippen molar-refractivity contribution in [2.75, 3.05) is 11.9 Å². The highest BCUT2D eigenvalue weighted by Crippen LogP contribution is 2.21. The Bertz CT molecular complexity index is 497. The van der Waals surface area contributed by atoms with Gasteiger partial charge in [-0.1, -0.05) is 18.2 Å². The van der Waals surface area contributed by atoms with Gasteiger partial charge in [-0.25, -0.2) is 0 Å². The van der Waals surface area contributed by atoms with Crippen LogP contribution >= 0.6 is 0 Å². The quantitative estimate of drug-likeness (QED) is 0.849. The van der Waals surface area contributed by atoms with Crippen LogP contribution in [0.3, 0.4) is 0 Å². The van der Waals surface area contributed by atoms with Gasteiger partial charge in [-0.15, -0.1) is 0 Å². The molecule has 4 nitrogen and oxygen atoms in total. The number of aliphatic hydroxyl groups excluding tert-OH is 1. The first-order valence-electron chi connectivity index (χ1n) is 5.90. The molecule has 2 N–H and O–H groups in total. The summed E-state index contributed by atoms with van der Waals surface area (Å²) < 4.78 is 5.63. The number of hydrogen-bond acceptors (Lipinski definition) is 4. The van der Waals surface area contributed by atoms with Crippen molar-refractivity contribution in [3.05, 3.63) is 48.0 Å². The van der Waals surface area contributed by atoms with Gasteiger partial charge in [-0.2, -0.15) is 4.98 Å². The van der Waals surface area contributed by atoms with Crippen molar-refractivity contribution in [3.8, 4) is 11.6 Å². The standard InChI is InChI=1S/C14H16N2O2/c1-2-15-13-4-3-5-14(16-13)18-12-8-6-11(10-17)7-9-12/h3-9,17H,2,10H2,1H3,(H,15,16). The van der Waals surface area contributed by atoms with E-state index in [0.29, 0.717) is 11.6 Å². The Morgan fingerprint density at radius 2 is 1.94 bits per heavy atom. The lowest BCUT2D eigenvalue weighted by atomic mass is 10.2. The molecule has 2 aromatic rings. The van der Waals surface area contributed by atoms with Gasteiger partial charge in [-0.3, -0.25) is 0 Å². The molecule has 0 fully saturated rings. The van der Waals surface area contributed by atoms with Gasteiger partial charge in [0, 0.05) is 12.6 Å². The molecule has 4 heteroatoms. The second-order valence-electron chi connectivity index (χ2n) is 3.80. The number of benzene rings is 1. The molecule has 0 aliphatic heterocycles. The maximum Gasteiger partial charge on any atom is 0.221 e. The normalized spacial score (nSPS) is 10.1. The summed E-state index contributed by atoms with van der Waals surface area (Å²) >= 11 is 0. The summed E-state index contributed by atoms with van der Waals surface area (Å²) in [5, 5.41) is 12.1. The van der Waals surface area contributed by atoms with Gasteiger partial charge in [0.25, 0.3) is 0 Å². The van der Waals surface area contributed by atoms with Crippen LogP contribution in [0, 0.1) is 0 Å². The molecule has 0 spiro atoms. The lowest BCUT2D eigenvalue weighted by Gasteiger charge is -2.07. The zero-order valence-electron chi connectivity index (χ0n) is 10.3. The first-order chi connectivity index (χ1) is 8.81. The highest BCUT2D eigenvalue weighted by atomic mass is 16.5. The van der Waals surface area contributed by atoms with Crippen LogP contribution in [-0.4, -0.2) is 16.6 Å². The lowest BCUT2D eigenvalue weighted by molar-refractivity contribution is 0.281. The summed E-state index contributed by atoms with van der Waals surface area (Å²) in [6.07, 6.45) is 0. The molecule has 0 aliphatic carbocycles. The Morgan fingerprint density at radius 1 is 1.17 bits per heavy atom. The van der Waals surface area contributed by atoms with E-state index in [2.05, 4.69) is 10.3 Å². The van der Waals surface area contributed by atoms with Gasteiger partial charge >= 0.3 is 0 Å². The fraction of sp³-hybridized carbons (Fsp3) is 0.214. The minimum atomic E-state index is 0.0361. The molecule has 0 saturated heterocycles. The largest absolute Gasteiger partial charge is 0.439 e. The molecule has 0 atom stereocenters. The zero-order chi connectivity index (χ0) is 12.8.